The Kier molecular flexibility index (Phi) is 11.4. The molecule has 3 atom stereocenters. The molecule has 2 amide bonds. The van der Waals surface area contributed by atoms with Gasteiger partial charge in [0.05, 0.1) is 12.1 Å². The van der Waals surface area contributed by atoms with E-state index in [1.807, 2.05) is 85.7 Å². The van der Waals surface area contributed by atoms with Crippen LogP contribution in [0.5, 0.6) is 0 Å². The molecule has 0 saturated heterocycles. The predicted molar refractivity (Wildman–Crippen MR) is 146 cm³/mol. The SMILES string of the molecule is CCN(C(=O)[C@@H](NC(=O)[C@@H](NC)C(C)(C)c1ccccc1)C(C)(C)CC)[C@H](/C=C(\C)C(=O)O)C(C)C. The highest BCUT2D eigenvalue weighted by molar-refractivity contribution is 5.92. The Morgan fingerprint density at radius 3 is 2.00 bits per heavy atom. The van der Waals surface area contributed by atoms with Gasteiger partial charge in [-0.15, -0.1) is 0 Å². The Morgan fingerprint density at radius 1 is 1.03 bits per heavy atom. The third kappa shape index (κ3) is 7.42. The lowest BCUT2D eigenvalue weighted by Gasteiger charge is -2.41. The Hall–Kier alpha value is -2.67. The van der Waals surface area contributed by atoms with E-state index in [0.29, 0.717) is 13.0 Å². The van der Waals surface area contributed by atoms with Crippen molar-refractivity contribution in [1.82, 2.24) is 15.5 Å². The number of benzene rings is 1. The zero-order chi connectivity index (χ0) is 27.8. The van der Waals surface area contributed by atoms with Gasteiger partial charge in [-0.3, -0.25) is 9.59 Å². The molecule has 36 heavy (non-hydrogen) atoms. The molecule has 0 heterocycles. The number of carboxylic acids is 1. The van der Waals surface area contributed by atoms with Crippen LogP contribution in [0.3, 0.4) is 0 Å². The van der Waals surface area contributed by atoms with Crippen LogP contribution in [-0.4, -0.2) is 59.5 Å². The van der Waals surface area contributed by atoms with E-state index in [2.05, 4.69) is 10.6 Å². The second-order valence-electron chi connectivity index (χ2n) is 11.1. The van der Waals surface area contributed by atoms with E-state index in [9.17, 15) is 19.5 Å². The molecule has 0 bridgehead atoms. The number of carboxylic acid groups (broad SMARTS) is 1. The second kappa shape index (κ2) is 13.0. The smallest absolute Gasteiger partial charge is 0.331 e. The van der Waals surface area contributed by atoms with Crippen LogP contribution >= 0.6 is 0 Å². The molecule has 0 aliphatic heterocycles. The van der Waals surface area contributed by atoms with E-state index in [1.54, 1.807) is 18.0 Å². The first-order chi connectivity index (χ1) is 16.6. The molecule has 0 aliphatic carbocycles. The van der Waals surface area contributed by atoms with Crippen LogP contribution < -0.4 is 10.6 Å². The van der Waals surface area contributed by atoms with Gasteiger partial charge in [0.1, 0.15) is 6.04 Å². The molecular weight excluding hydrogens is 454 g/mol. The van der Waals surface area contributed by atoms with Crippen molar-refractivity contribution in [2.75, 3.05) is 13.6 Å². The maximum Gasteiger partial charge on any atom is 0.331 e. The maximum atomic E-state index is 14.1. The second-order valence-corrected chi connectivity index (χ2v) is 11.1. The van der Waals surface area contributed by atoms with Gasteiger partial charge in [0.2, 0.25) is 11.8 Å². The number of hydrogen-bond acceptors (Lipinski definition) is 4. The normalized spacial score (nSPS) is 15.2. The molecule has 202 valence electrons. The van der Waals surface area contributed by atoms with Crippen LogP contribution in [0.2, 0.25) is 0 Å². The number of amides is 2. The summed E-state index contributed by atoms with van der Waals surface area (Å²) in [7, 11) is 1.75. The monoisotopic (exact) mass is 501 g/mol. The van der Waals surface area contributed by atoms with Crippen molar-refractivity contribution in [3.05, 3.63) is 47.5 Å². The summed E-state index contributed by atoms with van der Waals surface area (Å²) in [5.41, 5.74) is 0.148. The number of likely N-dealkylation sites (N-methyl/N-ethyl adjacent to an activating group) is 2. The lowest BCUT2D eigenvalue weighted by Crippen LogP contribution is -2.62. The van der Waals surface area contributed by atoms with Gasteiger partial charge in [0, 0.05) is 17.5 Å². The van der Waals surface area contributed by atoms with Gasteiger partial charge in [-0.05, 0) is 44.2 Å². The molecule has 1 rings (SSSR count). The van der Waals surface area contributed by atoms with Gasteiger partial charge in [-0.1, -0.05) is 84.9 Å². The van der Waals surface area contributed by atoms with Crippen LogP contribution in [0.1, 0.15) is 74.3 Å². The largest absolute Gasteiger partial charge is 0.478 e. The highest BCUT2D eigenvalue weighted by Gasteiger charge is 2.43. The van der Waals surface area contributed by atoms with E-state index < -0.39 is 34.9 Å². The molecule has 0 radical (unpaired) electrons. The average molecular weight is 502 g/mol. The first kappa shape index (κ1) is 31.4. The first-order valence-corrected chi connectivity index (χ1v) is 12.9. The van der Waals surface area contributed by atoms with Gasteiger partial charge in [0.25, 0.3) is 0 Å². The first-order valence-electron chi connectivity index (χ1n) is 12.9. The lowest BCUT2D eigenvalue weighted by molar-refractivity contribution is -0.142. The minimum atomic E-state index is -1.01. The number of nitrogens with one attached hydrogen (secondary N) is 2. The van der Waals surface area contributed by atoms with E-state index in [1.165, 1.54) is 6.92 Å². The Labute approximate surface area is 217 Å². The molecule has 1 aromatic rings. The fourth-order valence-corrected chi connectivity index (χ4v) is 4.52. The summed E-state index contributed by atoms with van der Waals surface area (Å²) >= 11 is 0. The van der Waals surface area contributed by atoms with Crippen molar-refractivity contribution in [2.24, 2.45) is 11.3 Å². The number of rotatable bonds is 13. The quantitative estimate of drug-likeness (QED) is 0.349. The summed E-state index contributed by atoms with van der Waals surface area (Å²) in [6.07, 6.45) is 2.31. The van der Waals surface area contributed by atoms with Crippen LogP contribution in [0.4, 0.5) is 0 Å². The molecule has 0 aliphatic rings. The number of carbonyl (C=O) groups excluding carboxylic acids is 2. The fraction of sp³-hybridized carbons (Fsp3) is 0.621. The van der Waals surface area contributed by atoms with Crippen molar-refractivity contribution in [3.8, 4) is 0 Å². The summed E-state index contributed by atoms with van der Waals surface area (Å²) in [5.74, 6) is -1.48. The molecule has 7 nitrogen and oxygen atoms in total. The van der Waals surface area contributed by atoms with Gasteiger partial charge in [0.15, 0.2) is 0 Å². The maximum absolute atomic E-state index is 14.1. The highest BCUT2D eigenvalue weighted by atomic mass is 16.4. The van der Waals surface area contributed by atoms with Gasteiger partial charge < -0.3 is 20.6 Å². The summed E-state index contributed by atoms with van der Waals surface area (Å²) < 4.78 is 0. The van der Waals surface area contributed by atoms with Crippen molar-refractivity contribution in [1.29, 1.82) is 0 Å². The molecular formula is C29H47N3O4. The highest BCUT2D eigenvalue weighted by Crippen LogP contribution is 2.31. The van der Waals surface area contributed by atoms with E-state index in [0.717, 1.165) is 5.56 Å². The van der Waals surface area contributed by atoms with E-state index in [4.69, 9.17) is 0 Å². The topological polar surface area (TPSA) is 98.7 Å². The van der Waals surface area contributed by atoms with Crippen LogP contribution in [-0.2, 0) is 19.8 Å². The van der Waals surface area contributed by atoms with Crippen LogP contribution in [0.15, 0.2) is 42.0 Å². The van der Waals surface area contributed by atoms with E-state index in [-0.39, 0.29) is 23.3 Å². The fourth-order valence-electron chi connectivity index (χ4n) is 4.52. The third-order valence-electron chi connectivity index (χ3n) is 7.44. The molecule has 0 saturated carbocycles. The van der Waals surface area contributed by atoms with Crippen molar-refractivity contribution in [2.45, 2.75) is 92.3 Å². The van der Waals surface area contributed by atoms with E-state index >= 15 is 0 Å². The number of aliphatic carboxylic acids is 1. The molecule has 7 heteroatoms. The minimum absolute atomic E-state index is 0.00800. The summed E-state index contributed by atoms with van der Waals surface area (Å²) in [6.45, 7) is 17.7. The van der Waals surface area contributed by atoms with Gasteiger partial charge >= 0.3 is 5.97 Å². The summed E-state index contributed by atoms with van der Waals surface area (Å²) in [4.78, 5) is 41.0. The number of nitrogens with zero attached hydrogens (tertiary/aromatic N) is 1. The molecule has 3 N–H and O–H groups in total. The Balaban J connectivity index is 3.44. The lowest BCUT2D eigenvalue weighted by atomic mass is 9.76. The third-order valence-corrected chi connectivity index (χ3v) is 7.44. The average Bonchev–Trinajstić information content (AvgIpc) is 2.82. The summed E-state index contributed by atoms with van der Waals surface area (Å²) in [6, 6.07) is 8.07. The zero-order valence-electron chi connectivity index (χ0n) is 23.8. The van der Waals surface area contributed by atoms with Crippen LogP contribution in [0, 0.1) is 11.3 Å². The van der Waals surface area contributed by atoms with Gasteiger partial charge in [-0.2, -0.15) is 0 Å². The predicted octanol–water partition coefficient (Wildman–Crippen LogP) is 4.38. The summed E-state index contributed by atoms with van der Waals surface area (Å²) in [5, 5.41) is 15.7. The van der Waals surface area contributed by atoms with Crippen molar-refractivity contribution >= 4 is 17.8 Å². The standard InChI is InChI=1S/C29H47N3O4/c1-11-28(6,7)24(26(34)32(12-2)22(19(3)4)18-20(5)27(35)36)31-25(33)23(30-10)29(8,9)21-16-14-13-15-17-21/h13-19,22-24,30H,11-12H2,1-10H3,(H,31,33)(H,35,36)/b20-18+/t22-,23-,24-/m1/s1. The molecule has 0 aromatic heterocycles. The molecule has 0 unspecified atom stereocenters. The number of carbonyl (C=O) groups is 3. The van der Waals surface area contributed by atoms with Crippen LogP contribution in [0.25, 0.3) is 0 Å². The van der Waals surface area contributed by atoms with Crippen molar-refractivity contribution < 1.29 is 19.5 Å². The van der Waals surface area contributed by atoms with Crippen molar-refractivity contribution in [3.63, 3.8) is 0 Å². The van der Waals surface area contributed by atoms with Gasteiger partial charge in [-0.25, -0.2) is 4.79 Å². The molecule has 1 aromatic carbocycles. The molecule has 0 fully saturated rings. The Bertz CT molecular complexity index is 922. The number of hydrogen-bond donors (Lipinski definition) is 3. The zero-order valence-corrected chi connectivity index (χ0v) is 23.8. The minimum Gasteiger partial charge on any atom is -0.478 e. The Morgan fingerprint density at radius 2 is 1.58 bits per heavy atom. The molecule has 0 spiro atoms.